The first-order valence-corrected chi connectivity index (χ1v) is 8.91. The molecule has 130 valence electrons. The molecule has 4 aromatic rings. The van der Waals surface area contributed by atoms with Gasteiger partial charge in [-0.15, -0.1) is 0 Å². The molecule has 0 bridgehead atoms. The van der Waals surface area contributed by atoms with Crippen molar-refractivity contribution in [2.24, 2.45) is 0 Å². The Morgan fingerprint density at radius 2 is 2.15 bits per heavy atom. The van der Waals surface area contributed by atoms with E-state index in [0.29, 0.717) is 11.0 Å². The van der Waals surface area contributed by atoms with Crippen molar-refractivity contribution in [2.45, 2.75) is 16.7 Å². The van der Waals surface area contributed by atoms with E-state index in [1.165, 1.54) is 22.6 Å². The number of aryl methyl sites for hydroxylation is 1. The number of imidazole rings is 1. The molecule has 2 N–H and O–H groups in total. The number of benzene rings is 2. The Labute approximate surface area is 157 Å². The summed E-state index contributed by atoms with van der Waals surface area (Å²) in [6, 6.07) is 11.9. The largest absolute Gasteiger partial charge is 0.478 e. The van der Waals surface area contributed by atoms with Gasteiger partial charge in [0.25, 0.3) is 0 Å². The molecular formula is C18H13ClN4O2S. The number of hydrogen-bond donors (Lipinski definition) is 2. The normalized spacial score (nSPS) is 11.2. The van der Waals surface area contributed by atoms with Gasteiger partial charge in [0.05, 0.1) is 27.8 Å². The molecule has 2 aromatic carbocycles. The summed E-state index contributed by atoms with van der Waals surface area (Å²) in [4.78, 5) is 20.6. The van der Waals surface area contributed by atoms with Crippen molar-refractivity contribution in [1.82, 2.24) is 19.7 Å². The number of aromatic carboxylic acids is 1. The molecule has 0 spiro atoms. The first-order valence-electron chi connectivity index (χ1n) is 7.72. The van der Waals surface area contributed by atoms with Crippen molar-refractivity contribution in [3.63, 3.8) is 0 Å². The van der Waals surface area contributed by atoms with Crippen LogP contribution in [-0.4, -0.2) is 30.8 Å². The van der Waals surface area contributed by atoms with Crippen LogP contribution >= 0.6 is 23.4 Å². The smallest absolute Gasteiger partial charge is 0.338 e. The molecule has 8 heteroatoms. The van der Waals surface area contributed by atoms with Crippen molar-refractivity contribution in [2.75, 3.05) is 0 Å². The fraction of sp³-hybridized carbons (Fsp3) is 0.0556. The molecule has 0 fully saturated rings. The Kier molecular flexibility index (Phi) is 4.18. The van der Waals surface area contributed by atoms with Crippen LogP contribution in [0.15, 0.2) is 58.6 Å². The maximum Gasteiger partial charge on any atom is 0.338 e. The second-order valence-corrected chi connectivity index (χ2v) is 7.28. The molecule has 0 aliphatic heterocycles. The summed E-state index contributed by atoms with van der Waals surface area (Å²) in [7, 11) is 0. The van der Waals surface area contributed by atoms with Crippen molar-refractivity contribution >= 4 is 40.4 Å². The van der Waals surface area contributed by atoms with E-state index in [-0.39, 0.29) is 5.56 Å². The minimum atomic E-state index is -1.03. The highest BCUT2D eigenvalue weighted by molar-refractivity contribution is 7.99. The third kappa shape index (κ3) is 3.18. The standard InChI is InChI=1S/C18H13ClN4O2S/c1-10-3-2-4-12(5-10)26-16-7-15-14(6-13(16)19)21-18(22-15)23-9-11(8-20-23)17(24)25/h2-9H,1H3,(H,21,22)(H,24,25). The van der Waals surface area contributed by atoms with Gasteiger partial charge in [0, 0.05) is 16.0 Å². The topological polar surface area (TPSA) is 83.8 Å². The molecule has 0 unspecified atom stereocenters. The average Bonchev–Trinajstić information content (AvgIpc) is 3.22. The van der Waals surface area contributed by atoms with E-state index < -0.39 is 5.97 Å². The van der Waals surface area contributed by atoms with E-state index in [1.54, 1.807) is 11.8 Å². The molecule has 0 aliphatic rings. The molecule has 0 atom stereocenters. The SMILES string of the molecule is Cc1cccc(Sc2cc3nc(-n4cc(C(=O)O)cn4)[nH]c3cc2Cl)c1. The predicted octanol–water partition coefficient (Wildman–Crippen LogP) is 4.56. The van der Waals surface area contributed by atoms with Crippen LogP contribution < -0.4 is 0 Å². The van der Waals surface area contributed by atoms with Gasteiger partial charge in [-0.2, -0.15) is 5.10 Å². The minimum absolute atomic E-state index is 0.0965. The lowest BCUT2D eigenvalue weighted by Crippen LogP contribution is -1.97. The number of fused-ring (bicyclic) bond motifs is 1. The van der Waals surface area contributed by atoms with Crippen LogP contribution in [0.2, 0.25) is 5.02 Å². The van der Waals surface area contributed by atoms with Crippen molar-refractivity contribution < 1.29 is 9.90 Å². The zero-order chi connectivity index (χ0) is 18.3. The number of H-pyrrole nitrogens is 1. The van der Waals surface area contributed by atoms with Crippen molar-refractivity contribution in [3.8, 4) is 5.95 Å². The monoisotopic (exact) mass is 384 g/mol. The summed E-state index contributed by atoms with van der Waals surface area (Å²) in [5.74, 6) is -0.603. The maximum absolute atomic E-state index is 11.0. The van der Waals surface area contributed by atoms with Crippen LogP contribution in [0.3, 0.4) is 0 Å². The molecule has 0 amide bonds. The average molecular weight is 385 g/mol. The van der Waals surface area contributed by atoms with Crippen LogP contribution in [0, 0.1) is 6.92 Å². The Hall–Kier alpha value is -2.77. The summed E-state index contributed by atoms with van der Waals surface area (Å²) < 4.78 is 1.39. The van der Waals surface area contributed by atoms with Crippen LogP contribution in [0.25, 0.3) is 17.0 Å². The molecule has 0 saturated carbocycles. The third-order valence-electron chi connectivity index (χ3n) is 3.79. The minimum Gasteiger partial charge on any atom is -0.478 e. The zero-order valence-electron chi connectivity index (χ0n) is 13.6. The van der Waals surface area contributed by atoms with E-state index >= 15 is 0 Å². The highest BCUT2D eigenvalue weighted by Gasteiger charge is 2.13. The summed E-state index contributed by atoms with van der Waals surface area (Å²) >= 11 is 8.00. The second kappa shape index (κ2) is 6.51. The summed E-state index contributed by atoms with van der Waals surface area (Å²) in [6.45, 7) is 2.05. The number of nitrogens with one attached hydrogen (secondary N) is 1. The fourth-order valence-corrected chi connectivity index (χ4v) is 3.79. The van der Waals surface area contributed by atoms with Gasteiger partial charge in [-0.1, -0.05) is 41.1 Å². The quantitative estimate of drug-likeness (QED) is 0.538. The Balaban J connectivity index is 1.71. The van der Waals surface area contributed by atoms with Crippen molar-refractivity contribution in [3.05, 3.63) is 64.9 Å². The Bertz CT molecular complexity index is 1140. The van der Waals surface area contributed by atoms with Crippen LogP contribution in [0.5, 0.6) is 0 Å². The summed E-state index contributed by atoms with van der Waals surface area (Å²) in [6.07, 6.45) is 2.69. The predicted molar refractivity (Wildman–Crippen MR) is 100 cm³/mol. The molecule has 0 aliphatic carbocycles. The zero-order valence-corrected chi connectivity index (χ0v) is 15.2. The third-order valence-corrected chi connectivity index (χ3v) is 5.26. The molecule has 6 nitrogen and oxygen atoms in total. The molecular weight excluding hydrogens is 372 g/mol. The molecule has 2 heterocycles. The van der Waals surface area contributed by atoms with Gasteiger partial charge < -0.3 is 10.1 Å². The number of nitrogens with zero attached hydrogens (tertiary/aromatic N) is 3. The van der Waals surface area contributed by atoms with E-state index in [4.69, 9.17) is 16.7 Å². The van der Waals surface area contributed by atoms with E-state index in [2.05, 4.69) is 21.1 Å². The number of aromatic amines is 1. The highest BCUT2D eigenvalue weighted by atomic mass is 35.5. The number of carbonyl (C=O) groups is 1. The first-order chi connectivity index (χ1) is 12.5. The summed E-state index contributed by atoms with van der Waals surface area (Å²) in [5.41, 5.74) is 2.76. The highest BCUT2D eigenvalue weighted by Crippen LogP contribution is 2.36. The number of carboxylic acid groups (broad SMARTS) is 1. The second-order valence-electron chi connectivity index (χ2n) is 5.76. The van der Waals surface area contributed by atoms with E-state index in [1.807, 2.05) is 37.3 Å². The van der Waals surface area contributed by atoms with Gasteiger partial charge in [-0.25, -0.2) is 14.5 Å². The molecule has 4 rings (SSSR count). The van der Waals surface area contributed by atoms with Gasteiger partial charge in [-0.3, -0.25) is 0 Å². The van der Waals surface area contributed by atoms with Crippen LogP contribution in [-0.2, 0) is 0 Å². The lowest BCUT2D eigenvalue weighted by molar-refractivity contribution is 0.0697. The van der Waals surface area contributed by atoms with E-state index in [0.717, 1.165) is 20.8 Å². The molecule has 0 saturated heterocycles. The van der Waals surface area contributed by atoms with Gasteiger partial charge in [0.2, 0.25) is 5.95 Å². The Morgan fingerprint density at radius 1 is 1.31 bits per heavy atom. The molecule has 0 radical (unpaired) electrons. The van der Waals surface area contributed by atoms with E-state index in [9.17, 15) is 4.79 Å². The fourth-order valence-electron chi connectivity index (χ4n) is 2.54. The number of halogens is 1. The van der Waals surface area contributed by atoms with Gasteiger partial charge in [0.1, 0.15) is 0 Å². The lowest BCUT2D eigenvalue weighted by atomic mass is 10.2. The number of carboxylic acids is 1. The molecule has 2 aromatic heterocycles. The van der Waals surface area contributed by atoms with Gasteiger partial charge in [0.15, 0.2) is 0 Å². The van der Waals surface area contributed by atoms with Gasteiger partial charge >= 0.3 is 5.97 Å². The maximum atomic E-state index is 11.0. The van der Waals surface area contributed by atoms with Crippen LogP contribution in [0.1, 0.15) is 15.9 Å². The number of aromatic nitrogens is 4. The van der Waals surface area contributed by atoms with Crippen LogP contribution in [0.4, 0.5) is 0 Å². The summed E-state index contributed by atoms with van der Waals surface area (Å²) in [5, 5.41) is 13.7. The number of hydrogen-bond acceptors (Lipinski definition) is 4. The van der Waals surface area contributed by atoms with Gasteiger partial charge in [-0.05, 0) is 31.2 Å². The number of rotatable bonds is 4. The molecule has 26 heavy (non-hydrogen) atoms. The Morgan fingerprint density at radius 3 is 2.88 bits per heavy atom. The lowest BCUT2D eigenvalue weighted by Gasteiger charge is -2.05. The van der Waals surface area contributed by atoms with Crippen molar-refractivity contribution in [1.29, 1.82) is 0 Å². The first kappa shape index (κ1) is 16.7.